The fourth-order valence-corrected chi connectivity index (χ4v) is 2.60. The van der Waals surface area contributed by atoms with Crippen LogP contribution in [0.1, 0.15) is 16.8 Å². The standard InChI is InChI=1S/C18H15ClF2N4/c1-12-15(10-22-23-17-8-7-14(20)9-16(17)21)18(19)25(24-12)11-13-5-3-2-4-6-13/h2-10,23H,11H2,1H3/b22-10-. The van der Waals surface area contributed by atoms with Crippen molar-refractivity contribution in [2.75, 3.05) is 5.43 Å². The molecule has 1 aromatic heterocycles. The van der Waals surface area contributed by atoms with Gasteiger partial charge in [0.1, 0.15) is 11.0 Å². The van der Waals surface area contributed by atoms with Crippen molar-refractivity contribution >= 4 is 23.5 Å². The third-order valence-electron chi connectivity index (χ3n) is 3.59. The fourth-order valence-electron chi connectivity index (χ4n) is 2.32. The number of aryl methyl sites for hydroxylation is 1. The third-order valence-corrected chi connectivity index (χ3v) is 3.99. The molecule has 0 aliphatic carbocycles. The highest BCUT2D eigenvalue weighted by Crippen LogP contribution is 2.20. The van der Waals surface area contributed by atoms with Crippen molar-refractivity contribution in [2.24, 2.45) is 5.10 Å². The van der Waals surface area contributed by atoms with Crippen LogP contribution in [-0.4, -0.2) is 16.0 Å². The number of hydrazone groups is 1. The maximum atomic E-state index is 13.6. The van der Waals surface area contributed by atoms with Crippen molar-refractivity contribution < 1.29 is 8.78 Å². The summed E-state index contributed by atoms with van der Waals surface area (Å²) in [5.41, 5.74) is 5.01. The molecular weight excluding hydrogens is 346 g/mol. The number of aromatic nitrogens is 2. The lowest BCUT2D eigenvalue weighted by Crippen LogP contribution is -2.02. The molecular formula is C18H15ClF2N4. The van der Waals surface area contributed by atoms with Crippen LogP contribution < -0.4 is 5.43 Å². The summed E-state index contributed by atoms with van der Waals surface area (Å²) >= 11 is 6.37. The predicted octanol–water partition coefficient (Wildman–Crippen LogP) is 4.62. The third kappa shape index (κ3) is 4.03. The van der Waals surface area contributed by atoms with E-state index < -0.39 is 11.6 Å². The zero-order valence-electron chi connectivity index (χ0n) is 13.4. The lowest BCUT2D eigenvalue weighted by Gasteiger charge is -2.03. The Labute approximate surface area is 148 Å². The van der Waals surface area contributed by atoms with Crippen LogP contribution in [-0.2, 0) is 6.54 Å². The van der Waals surface area contributed by atoms with Gasteiger partial charge in [-0.25, -0.2) is 13.5 Å². The second-order valence-corrected chi connectivity index (χ2v) is 5.79. The molecule has 7 heteroatoms. The molecule has 0 atom stereocenters. The molecule has 0 aliphatic rings. The van der Waals surface area contributed by atoms with Crippen LogP contribution in [0, 0.1) is 18.6 Å². The van der Waals surface area contributed by atoms with E-state index in [9.17, 15) is 8.78 Å². The van der Waals surface area contributed by atoms with Gasteiger partial charge in [0.05, 0.1) is 29.7 Å². The van der Waals surface area contributed by atoms with E-state index in [0.717, 1.165) is 17.7 Å². The summed E-state index contributed by atoms with van der Waals surface area (Å²) in [6.07, 6.45) is 1.47. The first-order valence-electron chi connectivity index (χ1n) is 7.55. The molecule has 0 spiro atoms. The smallest absolute Gasteiger partial charge is 0.151 e. The van der Waals surface area contributed by atoms with Crippen LogP contribution in [0.15, 0.2) is 53.6 Å². The molecule has 128 valence electrons. The Morgan fingerprint density at radius 3 is 2.68 bits per heavy atom. The summed E-state index contributed by atoms with van der Waals surface area (Å²) in [6.45, 7) is 2.35. The summed E-state index contributed by atoms with van der Waals surface area (Å²) in [6, 6.07) is 13.0. The average Bonchev–Trinajstić information content (AvgIpc) is 2.85. The largest absolute Gasteiger partial charge is 0.276 e. The topological polar surface area (TPSA) is 42.2 Å². The molecule has 3 rings (SSSR count). The Kier molecular flexibility index (Phi) is 5.09. The van der Waals surface area contributed by atoms with Crippen LogP contribution in [0.25, 0.3) is 0 Å². The van der Waals surface area contributed by atoms with E-state index >= 15 is 0 Å². The van der Waals surface area contributed by atoms with Crippen LogP contribution >= 0.6 is 11.6 Å². The molecule has 0 bridgehead atoms. The molecule has 0 saturated heterocycles. The Morgan fingerprint density at radius 2 is 1.96 bits per heavy atom. The summed E-state index contributed by atoms with van der Waals surface area (Å²) in [5.74, 6) is -1.37. The SMILES string of the molecule is Cc1nn(Cc2ccccc2)c(Cl)c1/C=N\Nc1ccc(F)cc1F. The Hall–Kier alpha value is -2.73. The van der Waals surface area contributed by atoms with Crippen LogP contribution in [0.3, 0.4) is 0 Å². The molecule has 4 nitrogen and oxygen atoms in total. The fraction of sp³-hybridized carbons (Fsp3) is 0.111. The van der Waals surface area contributed by atoms with Gasteiger partial charge >= 0.3 is 0 Å². The van der Waals surface area contributed by atoms with Gasteiger partial charge in [0.15, 0.2) is 5.82 Å². The van der Waals surface area contributed by atoms with Crippen molar-refractivity contribution in [3.8, 4) is 0 Å². The van der Waals surface area contributed by atoms with E-state index in [2.05, 4.69) is 15.6 Å². The van der Waals surface area contributed by atoms with E-state index in [1.165, 1.54) is 12.3 Å². The second-order valence-electron chi connectivity index (χ2n) is 5.43. The normalized spacial score (nSPS) is 11.2. The van der Waals surface area contributed by atoms with Gasteiger partial charge in [-0.1, -0.05) is 41.9 Å². The monoisotopic (exact) mass is 360 g/mol. The Balaban J connectivity index is 1.76. The highest BCUT2D eigenvalue weighted by atomic mass is 35.5. The van der Waals surface area contributed by atoms with Gasteiger partial charge in [0.25, 0.3) is 0 Å². The van der Waals surface area contributed by atoms with Gasteiger partial charge in [-0.15, -0.1) is 0 Å². The van der Waals surface area contributed by atoms with Crippen LogP contribution in [0.2, 0.25) is 5.15 Å². The number of hydrogen-bond acceptors (Lipinski definition) is 3. The van der Waals surface area contributed by atoms with E-state index in [1.54, 1.807) is 4.68 Å². The minimum Gasteiger partial charge on any atom is -0.276 e. The average molecular weight is 361 g/mol. The molecule has 1 heterocycles. The highest BCUT2D eigenvalue weighted by molar-refractivity contribution is 6.32. The van der Waals surface area contributed by atoms with Gasteiger partial charge in [-0.2, -0.15) is 10.2 Å². The zero-order chi connectivity index (χ0) is 17.8. The second kappa shape index (κ2) is 7.44. The van der Waals surface area contributed by atoms with Gasteiger partial charge in [0, 0.05) is 6.07 Å². The van der Waals surface area contributed by atoms with Gasteiger partial charge in [0.2, 0.25) is 0 Å². The van der Waals surface area contributed by atoms with E-state index in [-0.39, 0.29) is 5.69 Å². The van der Waals surface area contributed by atoms with Crippen molar-refractivity contribution in [1.29, 1.82) is 0 Å². The Morgan fingerprint density at radius 1 is 1.20 bits per heavy atom. The number of rotatable bonds is 5. The van der Waals surface area contributed by atoms with Gasteiger partial charge < -0.3 is 0 Å². The molecule has 0 unspecified atom stereocenters. The maximum Gasteiger partial charge on any atom is 0.151 e. The van der Waals surface area contributed by atoms with E-state index in [1.807, 2.05) is 37.3 Å². The van der Waals surface area contributed by atoms with Crippen molar-refractivity contribution in [3.05, 3.63) is 82.1 Å². The molecule has 0 saturated carbocycles. The predicted molar refractivity (Wildman–Crippen MR) is 95.1 cm³/mol. The number of anilines is 1. The number of halogens is 3. The molecule has 0 amide bonds. The van der Waals surface area contributed by atoms with E-state index in [0.29, 0.717) is 23.0 Å². The van der Waals surface area contributed by atoms with Crippen LogP contribution in [0.5, 0.6) is 0 Å². The Bertz CT molecular complexity index is 907. The molecule has 2 aromatic carbocycles. The van der Waals surface area contributed by atoms with Gasteiger partial charge in [-0.3, -0.25) is 5.43 Å². The highest BCUT2D eigenvalue weighted by Gasteiger charge is 2.12. The zero-order valence-corrected chi connectivity index (χ0v) is 14.1. The number of nitrogens with one attached hydrogen (secondary N) is 1. The quantitative estimate of drug-likeness (QED) is 0.533. The molecule has 1 N–H and O–H groups in total. The summed E-state index contributed by atoms with van der Waals surface area (Å²) in [7, 11) is 0. The van der Waals surface area contributed by atoms with Crippen molar-refractivity contribution in [1.82, 2.24) is 9.78 Å². The molecule has 25 heavy (non-hydrogen) atoms. The number of nitrogens with zero attached hydrogens (tertiary/aromatic N) is 3. The summed E-state index contributed by atoms with van der Waals surface area (Å²) in [4.78, 5) is 0. The van der Waals surface area contributed by atoms with Crippen molar-refractivity contribution in [2.45, 2.75) is 13.5 Å². The first-order chi connectivity index (χ1) is 12.0. The minimum absolute atomic E-state index is 0.0723. The summed E-state index contributed by atoms with van der Waals surface area (Å²) in [5, 5.41) is 8.81. The maximum absolute atomic E-state index is 13.6. The molecule has 3 aromatic rings. The molecule has 0 fully saturated rings. The minimum atomic E-state index is -0.722. The number of benzene rings is 2. The number of hydrogen-bond donors (Lipinski definition) is 1. The molecule has 0 aliphatic heterocycles. The van der Waals surface area contributed by atoms with Crippen LogP contribution in [0.4, 0.5) is 14.5 Å². The lowest BCUT2D eigenvalue weighted by molar-refractivity contribution is 0.585. The van der Waals surface area contributed by atoms with E-state index in [4.69, 9.17) is 11.6 Å². The van der Waals surface area contributed by atoms with Crippen molar-refractivity contribution in [3.63, 3.8) is 0 Å². The lowest BCUT2D eigenvalue weighted by atomic mass is 10.2. The first-order valence-corrected chi connectivity index (χ1v) is 7.93. The first kappa shape index (κ1) is 17.1. The summed E-state index contributed by atoms with van der Waals surface area (Å²) < 4.78 is 28.1. The van der Waals surface area contributed by atoms with Gasteiger partial charge in [-0.05, 0) is 24.6 Å². The molecule has 0 radical (unpaired) electrons.